The molecule has 0 aliphatic rings. The maximum Gasteiger partial charge on any atom is 0.249 e. The lowest BCUT2D eigenvalue weighted by molar-refractivity contribution is -0.132. The molecule has 4 atom stereocenters. The van der Waals surface area contributed by atoms with E-state index in [1.165, 1.54) is 199 Å². The molecule has 1 amide bonds. The van der Waals surface area contributed by atoms with E-state index < -0.39 is 36.9 Å². The molecular formula is C51H99NO5. The van der Waals surface area contributed by atoms with E-state index in [1.54, 1.807) is 0 Å². The molecule has 57 heavy (non-hydrogen) atoms. The minimum Gasteiger partial charge on any atom is -0.394 e. The van der Waals surface area contributed by atoms with E-state index in [4.69, 9.17) is 0 Å². The van der Waals surface area contributed by atoms with Gasteiger partial charge in [-0.3, -0.25) is 4.79 Å². The van der Waals surface area contributed by atoms with Gasteiger partial charge in [-0.05, 0) is 64.2 Å². The van der Waals surface area contributed by atoms with E-state index in [0.717, 1.165) is 38.5 Å². The number of hydrogen-bond acceptors (Lipinski definition) is 5. The summed E-state index contributed by atoms with van der Waals surface area (Å²) in [7, 11) is 0. The molecule has 0 fully saturated rings. The SMILES string of the molecule is CCCCCCCCCCC/C=C/CCCC(O)C(O)C(CO)NC(=O)C(O)CCCCCCCCCCCCC/C=C\CCCCCCCCCCCCCC. The number of unbranched alkanes of at least 4 members (excludes halogenated alkanes) is 33. The predicted molar refractivity (Wildman–Crippen MR) is 247 cm³/mol. The van der Waals surface area contributed by atoms with Gasteiger partial charge in [-0.25, -0.2) is 0 Å². The van der Waals surface area contributed by atoms with Crippen LogP contribution in [0.25, 0.3) is 0 Å². The lowest BCUT2D eigenvalue weighted by Gasteiger charge is -2.27. The minimum atomic E-state index is -1.28. The van der Waals surface area contributed by atoms with Crippen LogP contribution in [0.4, 0.5) is 0 Å². The molecule has 5 N–H and O–H groups in total. The van der Waals surface area contributed by atoms with Crippen molar-refractivity contribution in [1.82, 2.24) is 5.32 Å². The molecule has 0 saturated heterocycles. The molecule has 0 bridgehead atoms. The average molecular weight is 806 g/mol. The standard InChI is InChI=1S/C51H99NO5/c1-3-5-7-9-11-13-15-17-19-20-21-22-23-24-25-26-27-28-29-30-31-33-35-37-39-41-43-45-49(55)51(57)52-47(46-53)50(56)48(54)44-42-40-38-36-34-32-18-16-14-12-10-8-6-4-2/h24-25,36,38,47-50,53-56H,3-23,26-35,37,39-46H2,1-2H3,(H,52,57)/b25-24-,38-36+. The maximum absolute atomic E-state index is 12.5. The molecule has 4 unspecified atom stereocenters. The number of carbonyl (C=O) groups excluding carboxylic acids is 1. The number of amides is 1. The number of rotatable bonds is 46. The summed E-state index contributed by atoms with van der Waals surface area (Å²) in [6.07, 6.45) is 53.8. The summed E-state index contributed by atoms with van der Waals surface area (Å²) in [5.41, 5.74) is 0. The van der Waals surface area contributed by atoms with Gasteiger partial charge in [-0.15, -0.1) is 0 Å². The van der Waals surface area contributed by atoms with Gasteiger partial charge in [0.15, 0.2) is 0 Å². The Morgan fingerprint density at radius 1 is 0.421 bits per heavy atom. The molecular weight excluding hydrogens is 707 g/mol. The van der Waals surface area contributed by atoms with Gasteiger partial charge in [-0.1, -0.05) is 224 Å². The van der Waals surface area contributed by atoms with Crippen LogP contribution < -0.4 is 5.32 Å². The molecule has 0 spiro atoms. The molecule has 0 saturated carbocycles. The minimum absolute atomic E-state index is 0.364. The molecule has 0 aliphatic heterocycles. The quantitative estimate of drug-likeness (QED) is 0.0311. The Morgan fingerprint density at radius 3 is 1.05 bits per heavy atom. The second-order valence-electron chi connectivity index (χ2n) is 17.5. The first-order chi connectivity index (χ1) is 28.0. The van der Waals surface area contributed by atoms with Crippen LogP contribution in [0.1, 0.15) is 264 Å². The van der Waals surface area contributed by atoms with E-state index >= 15 is 0 Å². The van der Waals surface area contributed by atoms with Crippen molar-refractivity contribution in [2.75, 3.05) is 6.61 Å². The summed E-state index contributed by atoms with van der Waals surface area (Å²) >= 11 is 0. The predicted octanol–water partition coefficient (Wildman–Crippen LogP) is 13.9. The van der Waals surface area contributed by atoms with E-state index in [2.05, 4.69) is 43.5 Å². The Hall–Kier alpha value is -1.21. The number of carbonyl (C=O) groups is 1. The fraction of sp³-hybridized carbons (Fsp3) is 0.902. The van der Waals surface area contributed by atoms with Crippen LogP contribution in [0.5, 0.6) is 0 Å². The van der Waals surface area contributed by atoms with Gasteiger partial charge < -0.3 is 25.7 Å². The molecule has 338 valence electrons. The van der Waals surface area contributed by atoms with Crippen molar-refractivity contribution in [3.05, 3.63) is 24.3 Å². The van der Waals surface area contributed by atoms with Crippen molar-refractivity contribution >= 4 is 5.91 Å². The molecule has 0 aliphatic carbocycles. The highest BCUT2D eigenvalue weighted by molar-refractivity contribution is 5.80. The maximum atomic E-state index is 12.5. The highest BCUT2D eigenvalue weighted by Crippen LogP contribution is 2.16. The first-order valence-corrected chi connectivity index (χ1v) is 25.2. The average Bonchev–Trinajstić information content (AvgIpc) is 3.22. The Kier molecular flexibility index (Phi) is 44.9. The monoisotopic (exact) mass is 806 g/mol. The van der Waals surface area contributed by atoms with Crippen molar-refractivity contribution in [2.45, 2.75) is 289 Å². The van der Waals surface area contributed by atoms with Crippen LogP contribution in [0.15, 0.2) is 24.3 Å². The molecule has 6 heteroatoms. The smallest absolute Gasteiger partial charge is 0.249 e. The number of aliphatic hydroxyl groups is 4. The summed E-state index contributed by atoms with van der Waals surface area (Å²) in [6, 6.07) is -1.00. The van der Waals surface area contributed by atoms with Crippen molar-refractivity contribution in [1.29, 1.82) is 0 Å². The van der Waals surface area contributed by atoms with Gasteiger partial charge in [0.1, 0.15) is 12.2 Å². The number of allylic oxidation sites excluding steroid dienone is 4. The van der Waals surface area contributed by atoms with Gasteiger partial charge in [0.25, 0.3) is 0 Å². The second kappa shape index (κ2) is 45.9. The first kappa shape index (κ1) is 55.8. The summed E-state index contributed by atoms with van der Waals surface area (Å²) in [4.78, 5) is 12.5. The highest BCUT2D eigenvalue weighted by Gasteiger charge is 2.28. The fourth-order valence-corrected chi connectivity index (χ4v) is 7.87. The third kappa shape index (κ3) is 40.0. The van der Waals surface area contributed by atoms with Crippen molar-refractivity contribution < 1.29 is 25.2 Å². The summed E-state index contributed by atoms with van der Waals surface area (Å²) < 4.78 is 0. The van der Waals surface area contributed by atoms with Crippen LogP contribution >= 0.6 is 0 Å². The molecule has 0 rings (SSSR count). The Labute approximate surface area is 354 Å². The zero-order valence-electron chi connectivity index (χ0n) is 38.1. The zero-order valence-corrected chi connectivity index (χ0v) is 38.1. The third-order valence-electron chi connectivity index (χ3n) is 11.9. The topological polar surface area (TPSA) is 110 Å². The van der Waals surface area contributed by atoms with Gasteiger partial charge in [-0.2, -0.15) is 0 Å². The number of nitrogens with one attached hydrogen (secondary N) is 1. The molecule has 0 heterocycles. The van der Waals surface area contributed by atoms with Gasteiger partial charge in [0.05, 0.1) is 18.8 Å². The van der Waals surface area contributed by atoms with Gasteiger partial charge >= 0.3 is 0 Å². The Balaban J connectivity index is 3.65. The molecule has 0 aromatic rings. The molecule has 0 radical (unpaired) electrons. The largest absolute Gasteiger partial charge is 0.394 e. The summed E-state index contributed by atoms with van der Waals surface area (Å²) in [5, 5.41) is 43.7. The van der Waals surface area contributed by atoms with Crippen LogP contribution in [-0.4, -0.2) is 57.3 Å². The van der Waals surface area contributed by atoms with Crippen LogP contribution in [0.3, 0.4) is 0 Å². The number of aliphatic hydroxyl groups excluding tert-OH is 4. The van der Waals surface area contributed by atoms with Crippen molar-refractivity contribution in [2.24, 2.45) is 0 Å². The zero-order chi connectivity index (χ0) is 41.7. The Morgan fingerprint density at radius 2 is 0.719 bits per heavy atom. The second-order valence-corrected chi connectivity index (χ2v) is 17.5. The van der Waals surface area contributed by atoms with Gasteiger partial charge in [0, 0.05) is 0 Å². The lowest BCUT2D eigenvalue weighted by atomic mass is 10.00. The summed E-state index contributed by atoms with van der Waals surface area (Å²) in [5.74, 6) is -0.592. The van der Waals surface area contributed by atoms with Crippen molar-refractivity contribution in [3.8, 4) is 0 Å². The fourth-order valence-electron chi connectivity index (χ4n) is 7.87. The third-order valence-corrected chi connectivity index (χ3v) is 11.9. The lowest BCUT2D eigenvalue weighted by Crippen LogP contribution is -2.53. The van der Waals surface area contributed by atoms with Crippen LogP contribution in [0, 0.1) is 0 Å². The molecule has 0 aromatic heterocycles. The first-order valence-electron chi connectivity index (χ1n) is 25.2. The summed E-state index contributed by atoms with van der Waals surface area (Å²) in [6.45, 7) is 4.05. The Bertz CT molecular complexity index is 863. The van der Waals surface area contributed by atoms with Crippen molar-refractivity contribution in [3.63, 3.8) is 0 Å². The van der Waals surface area contributed by atoms with Gasteiger partial charge in [0.2, 0.25) is 5.91 Å². The van der Waals surface area contributed by atoms with E-state index in [0.29, 0.717) is 12.8 Å². The van der Waals surface area contributed by atoms with Crippen LogP contribution in [-0.2, 0) is 4.79 Å². The molecule has 6 nitrogen and oxygen atoms in total. The van der Waals surface area contributed by atoms with E-state index in [1.807, 2.05) is 0 Å². The molecule has 0 aromatic carbocycles. The normalized spacial score (nSPS) is 14.1. The van der Waals surface area contributed by atoms with Crippen LogP contribution in [0.2, 0.25) is 0 Å². The van der Waals surface area contributed by atoms with E-state index in [-0.39, 0.29) is 0 Å². The van der Waals surface area contributed by atoms with E-state index in [9.17, 15) is 25.2 Å². The number of hydrogen-bond donors (Lipinski definition) is 5. The highest BCUT2D eigenvalue weighted by atomic mass is 16.3.